The second-order valence-electron chi connectivity index (χ2n) is 3.40. The Hall–Kier alpha value is -1.82. The van der Waals surface area contributed by atoms with Crippen molar-refractivity contribution in [3.8, 4) is 6.07 Å². The second-order valence-corrected chi connectivity index (χ2v) is 4.58. The van der Waals surface area contributed by atoms with Gasteiger partial charge in [-0.15, -0.1) is 0 Å². The minimum absolute atomic E-state index is 0.531. The second kappa shape index (κ2) is 7.50. The zero-order chi connectivity index (χ0) is 14.2. The number of hydrogen-bond donors (Lipinski definition) is 4. The van der Waals surface area contributed by atoms with Crippen LogP contribution in [0.1, 0.15) is 18.9 Å². The Morgan fingerprint density at radius 1 is 1.39 bits per heavy atom. The molecule has 0 aliphatic heterocycles. The highest BCUT2D eigenvalue weighted by atomic mass is 32.2. The molecular formula is C10H17N5O2S. The average molecular weight is 271 g/mol. The maximum Gasteiger partial charge on any atom is 0.271 e. The Morgan fingerprint density at radius 2 is 1.94 bits per heavy atom. The first-order chi connectivity index (χ1) is 8.29. The van der Waals surface area contributed by atoms with Crippen LogP contribution in [-0.4, -0.2) is 15.0 Å². The van der Waals surface area contributed by atoms with Gasteiger partial charge in [-0.2, -0.15) is 13.7 Å². The number of hydrogen-bond acceptors (Lipinski definition) is 5. The summed E-state index contributed by atoms with van der Waals surface area (Å²) in [5, 5.41) is 20.2. The quantitative estimate of drug-likeness (QED) is 0.576. The molecule has 0 saturated carbocycles. The van der Waals surface area contributed by atoms with Gasteiger partial charge in [0.1, 0.15) is 6.07 Å². The number of benzene rings is 1. The smallest absolute Gasteiger partial charge is 0.271 e. The summed E-state index contributed by atoms with van der Waals surface area (Å²) in [5.74, 6) is 0. The molecule has 0 saturated heterocycles. The Morgan fingerprint density at radius 3 is 2.39 bits per heavy atom. The summed E-state index contributed by atoms with van der Waals surface area (Å²) >= 11 is 0. The van der Waals surface area contributed by atoms with E-state index in [1.807, 2.05) is 12.1 Å². The van der Waals surface area contributed by atoms with Crippen LogP contribution < -0.4 is 21.3 Å². The van der Waals surface area contributed by atoms with Crippen molar-refractivity contribution in [3.63, 3.8) is 0 Å². The molecule has 1 aromatic rings. The molecule has 0 aliphatic rings. The normalized spacial score (nSPS) is 9.89. The van der Waals surface area contributed by atoms with E-state index >= 15 is 0 Å². The van der Waals surface area contributed by atoms with Crippen LogP contribution in [0.3, 0.4) is 0 Å². The minimum Gasteiger partial charge on any atom is -0.398 e. The van der Waals surface area contributed by atoms with Gasteiger partial charge in [0.05, 0.1) is 16.9 Å². The van der Waals surface area contributed by atoms with Gasteiger partial charge in [-0.05, 0) is 18.6 Å². The van der Waals surface area contributed by atoms with Gasteiger partial charge in [-0.3, -0.25) is 0 Å². The third-order valence-electron chi connectivity index (χ3n) is 1.77. The number of nitrogens with one attached hydrogen (secondary N) is 1. The van der Waals surface area contributed by atoms with Crippen LogP contribution in [0.15, 0.2) is 18.2 Å². The lowest BCUT2D eigenvalue weighted by Crippen LogP contribution is -2.21. The number of nitrogens with two attached hydrogens (primary N) is 3. The molecule has 0 amide bonds. The molecule has 7 N–H and O–H groups in total. The monoisotopic (exact) mass is 271 g/mol. The molecule has 8 heteroatoms. The molecule has 0 aliphatic carbocycles. The van der Waals surface area contributed by atoms with E-state index < -0.39 is 10.2 Å². The van der Waals surface area contributed by atoms with Crippen LogP contribution in [0.4, 0.5) is 11.4 Å². The lowest BCUT2D eigenvalue weighted by atomic mass is 10.1. The molecule has 1 aromatic carbocycles. The van der Waals surface area contributed by atoms with Crippen molar-refractivity contribution in [2.45, 2.75) is 13.3 Å². The molecular weight excluding hydrogens is 254 g/mol. The van der Waals surface area contributed by atoms with E-state index in [-0.39, 0.29) is 0 Å². The van der Waals surface area contributed by atoms with E-state index in [9.17, 15) is 8.42 Å². The fourth-order valence-corrected chi connectivity index (χ4v) is 1.10. The number of nitrogen functional groups attached to an aromatic ring is 1. The number of nitriles is 1. The number of nitrogens with zero attached hydrogens (tertiary/aromatic N) is 1. The summed E-state index contributed by atoms with van der Waals surface area (Å²) in [6.45, 7) is 2.93. The van der Waals surface area contributed by atoms with Gasteiger partial charge < -0.3 is 11.1 Å². The highest BCUT2D eigenvalue weighted by Crippen LogP contribution is 2.20. The fraction of sp³-hybridized carbons (Fsp3) is 0.300. The highest BCUT2D eigenvalue weighted by molar-refractivity contribution is 7.86. The van der Waals surface area contributed by atoms with Crippen LogP contribution in [0.2, 0.25) is 0 Å². The Labute approximate surface area is 107 Å². The average Bonchev–Trinajstić information content (AvgIpc) is 2.24. The molecule has 0 fully saturated rings. The molecule has 0 aromatic heterocycles. The van der Waals surface area contributed by atoms with Crippen molar-refractivity contribution in [2.75, 3.05) is 17.6 Å². The fourth-order valence-electron chi connectivity index (χ4n) is 1.10. The first-order valence-electron chi connectivity index (χ1n) is 5.12. The molecule has 7 nitrogen and oxygen atoms in total. The molecule has 0 spiro atoms. The standard InChI is InChI=1S/C10H13N3.H4N2O2S/c1-2-6-13-10-5-3-4-9(12)8(10)7-11;1-5(2,3)4/h3-5,13H,2,6,12H2,1H3;(H4,1,2,3,4). The first-order valence-corrected chi connectivity index (χ1v) is 6.73. The van der Waals surface area contributed by atoms with Gasteiger partial charge in [0.25, 0.3) is 10.2 Å². The van der Waals surface area contributed by atoms with Crippen molar-refractivity contribution in [3.05, 3.63) is 23.8 Å². The lowest BCUT2D eigenvalue weighted by molar-refractivity contribution is 0.599. The van der Waals surface area contributed by atoms with E-state index in [2.05, 4.69) is 28.6 Å². The van der Waals surface area contributed by atoms with E-state index in [0.29, 0.717) is 11.3 Å². The number of rotatable bonds is 3. The van der Waals surface area contributed by atoms with Crippen LogP contribution >= 0.6 is 0 Å². The van der Waals surface area contributed by atoms with Gasteiger partial charge in [0.15, 0.2) is 0 Å². The van der Waals surface area contributed by atoms with E-state index in [1.165, 1.54) is 0 Å². The van der Waals surface area contributed by atoms with Crippen molar-refractivity contribution in [1.29, 1.82) is 5.26 Å². The van der Waals surface area contributed by atoms with E-state index in [1.54, 1.807) is 6.07 Å². The Kier molecular flexibility index (Phi) is 6.74. The van der Waals surface area contributed by atoms with E-state index in [4.69, 9.17) is 11.0 Å². The molecule has 0 atom stereocenters. The topological polar surface area (TPSA) is 148 Å². The van der Waals surface area contributed by atoms with Crippen molar-refractivity contribution in [2.24, 2.45) is 10.3 Å². The van der Waals surface area contributed by atoms with Crippen molar-refractivity contribution in [1.82, 2.24) is 0 Å². The Balaban J connectivity index is 0.000000494. The van der Waals surface area contributed by atoms with Gasteiger partial charge in [-0.25, -0.2) is 10.3 Å². The molecule has 100 valence electrons. The van der Waals surface area contributed by atoms with Gasteiger partial charge in [-0.1, -0.05) is 13.0 Å². The predicted octanol–water partition coefficient (Wildman–Crippen LogP) is 0.111. The highest BCUT2D eigenvalue weighted by Gasteiger charge is 2.03. The molecule has 0 heterocycles. The SMILES string of the molecule is CCCNc1cccc(N)c1C#N.NS(N)(=O)=O. The molecule has 0 unspecified atom stereocenters. The molecule has 0 radical (unpaired) electrons. The van der Waals surface area contributed by atoms with Gasteiger partial charge >= 0.3 is 0 Å². The Bertz CT molecular complexity index is 514. The van der Waals surface area contributed by atoms with Gasteiger partial charge in [0.2, 0.25) is 0 Å². The van der Waals surface area contributed by atoms with Crippen LogP contribution in [0.25, 0.3) is 0 Å². The zero-order valence-corrected chi connectivity index (χ0v) is 10.9. The summed E-state index contributed by atoms with van der Waals surface area (Å²) in [6.07, 6.45) is 1.03. The number of anilines is 2. The minimum atomic E-state index is -3.67. The maximum absolute atomic E-state index is 9.19. The summed E-state index contributed by atoms with van der Waals surface area (Å²) < 4.78 is 18.4. The van der Waals surface area contributed by atoms with Crippen LogP contribution in [0, 0.1) is 11.3 Å². The first kappa shape index (κ1) is 16.2. The summed E-state index contributed by atoms with van der Waals surface area (Å²) in [7, 11) is -3.67. The molecule has 0 bridgehead atoms. The largest absolute Gasteiger partial charge is 0.398 e. The summed E-state index contributed by atoms with van der Waals surface area (Å²) in [5.41, 5.74) is 7.53. The van der Waals surface area contributed by atoms with Gasteiger partial charge in [0, 0.05) is 6.54 Å². The summed E-state index contributed by atoms with van der Waals surface area (Å²) in [4.78, 5) is 0. The van der Waals surface area contributed by atoms with Crippen molar-refractivity contribution < 1.29 is 8.42 Å². The predicted molar refractivity (Wildman–Crippen MR) is 71.6 cm³/mol. The lowest BCUT2D eigenvalue weighted by Gasteiger charge is -2.07. The molecule has 1 rings (SSSR count). The van der Waals surface area contributed by atoms with Crippen LogP contribution in [0.5, 0.6) is 0 Å². The zero-order valence-electron chi connectivity index (χ0n) is 10.1. The van der Waals surface area contributed by atoms with E-state index in [0.717, 1.165) is 18.7 Å². The van der Waals surface area contributed by atoms with Crippen molar-refractivity contribution >= 4 is 21.6 Å². The third kappa shape index (κ3) is 7.45. The third-order valence-corrected chi connectivity index (χ3v) is 1.77. The molecule has 18 heavy (non-hydrogen) atoms. The maximum atomic E-state index is 9.19. The summed E-state index contributed by atoms with van der Waals surface area (Å²) in [6, 6.07) is 7.52. The van der Waals surface area contributed by atoms with Crippen LogP contribution in [-0.2, 0) is 10.2 Å².